The third-order valence-corrected chi connectivity index (χ3v) is 6.06. The Morgan fingerprint density at radius 2 is 1.90 bits per heavy atom. The quantitative estimate of drug-likeness (QED) is 0.517. The summed E-state index contributed by atoms with van der Waals surface area (Å²) in [6, 6.07) is 7.51. The number of amides is 1. The minimum Gasteiger partial charge on any atom is -0.306 e. The number of carbonyl (C=O) groups excluding carboxylic acids is 1. The number of fused-ring (bicyclic) bond motifs is 1. The molecule has 7 nitrogen and oxygen atoms in total. The molecule has 0 saturated carbocycles. The molecule has 1 N–H and O–H groups in total. The first-order valence-corrected chi connectivity index (χ1v) is 10.5. The van der Waals surface area contributed by atoms with Crippen LogP contribution < -0.4 is 5.32 Å². The van der Waals surface area contributed by atoms with Crippen LogP contribution in [0.2, 0.25) is 0 Å². The normalized spacial score (nSPS) is 11.8. The number of hydrogen-bond donors (Lipinski definition) is 1. The Labute approximate surface area is 179 Å². The number of hydrogen-bond acceptors (Lipinski definition) is 6. The van der Waals surface area contributed by atoms with Gasteiger partial charge in [-0.3, -0.25) is 4.79 Å². The molecule has 0 saturated heterocycles. The molecule has 1 amide bonds. The number of aromatic nitrogens is 5. The minimum atomic E-state index is -0.190. The summed E-state index contributed by atoms with van der Waals surface area (Å²) < 4.78 is 1.68. The summed E-state index contributed by atoms with van der Waals surface area (Å²) >= 11 is 1.39. The van der Waals surface area contributed by atoms with Crippen molar-refractivity contribution >= 4 is 33.3 Å². The summed E-state index contributed by atoms with van der Waals surface area (Å²) in [7, 11) is 0. The van der Waals surface area contributed by atoms with E-state index >= 15 is 0 Å². The molecular formula is C22H24N6OS. The molecule has 0 aliphatic heterocycles. The third-order valence-electron chi connectivity index (χ3n) is 4.87. The average molecular weight is 421 g/mol. The smallest absolute Gasteiger partial charge is 0.267 e. The summed E-state index contributed by atoms with van der Waals surface area (Å²) in [5.41, 5.74) is 2.48. The monoisotopic (exact) mass is 420 g/mol. The summed E-state index contributed by atoms with van der Waals surface area (Å²) in [5, 5.41) is 8.70. The lowest BCUT2D eigenvalue weighted by molar-refractivity contribution is 0.102. The molecule has 4 heterocycles. The fourth-order valence-electron chi connectivity index (χ4n) is 3.35. The van der Waals surface area contributed by atoms with Crippen LogP contribution in [0.15, 0.2) is 30.5 Å². The van der Waals surface area contributed by atoms with E-state index < -0.39 is 0 Å². The van der Waals surface area contributed by atoms with Crippen molar-refractivity contribution < 1.29 is 4.79 Å². The highest BCUT2D eigenvalue weighted by molar-refractivity contribution is 7.20. The first-order chi connectivity index (χ1) is 14.1. The molecular weight excluding hydrogens is 396 g/mol. The zero-order valence-electron chi connectivity index (χ0n) is 17.9. The van der Waals surface area contributed by atoms with Crippen LogP contribution in [-0.4, -0.2) is 30.6 Å². The number of rotatable bonds is 3. The van der Waals surface area contributed by atoms with Gasteiger partial charge in [0.2, 0.25) is 0 Å². The maximum Gasteiger partial charge on any atom is 0.267 e. The van der Waals surface area contributed by atoms with Gasteiger partial charge >= 0.3 is 0 Å². The van der Waals surface area contributed by atoms with Gasteiger partial charge in [-0.25, -0.2) is 15.0 Å². The van der Waals surface area contributed by atoms with Crippen molar-refractivity contribution in [3.63, 3.8) is 0 Å². The topological polar surface area (TPSA) is 85.6 Å². The second kappa shape index (κ2) is 7.28. The maximum atomic E-state index is 13.2. The van der Waals surface area contributed by atoms with E-state index in [0.29, 0.717) is 22.3 Å². The van der Waals surface area contributed by atoms with Crippen molar-refractivity contribution in [2.75, 3.05) is 5.32 Å². The molecule has 0 aromatic carbocycles. The van der Waals surface area contributed by atoms with Gasteiger partial charge in [0.05, 0.1) is 10.6 Å². The Hall–Kier alpha value is -3.13. The fourth-order valence-corrected chi connectivity index (χ4v) is 4.53. The molecule has 4 aromatic rings. The van der Waals surface area contributed by atoms with Crippen LogP contribution in [0.3, 0.4) is 0 Å². The zero-order chi connectivity index (χ0) is 21.6. The van der Waals surface area contributed by atoms with E-state index in [0.717, 1.165) is 27.2 Å². The van der Waals surface area contributed by atoms with E-state index in [1.54, 1.807) is 10.9 Å². The molecule has 0 radical (unpaired) electrons. The van der Waals surface area contributed by atoms with E-state index in [1.165, 1.54) is 11.3 Å². The lowest BCUT2D eigenvalue weighted by atomic mass is 9.92. The van der Waals surface area contributed by atoms with Crippen LogP contribution in [0.5, 0.6) is 0 Å². The molecule has 0 spiro atoms. The maximum absolute atomic E-state index is 13.2. The summed E-state index contributed by atoms with van der Waals surface area (Å²) in [5.74, 6) is 1.74. The van der Waals surface area contributed by atoms with Crippen molar-refractivity contribution in [3.8, 4) is 5.82 Å². The Kier molecular flexibility index (Phi) is 4.89. The highest BCUT2D eigenvalue weighted by Crippen LogP contribution is 2.32. The lowest BCUT2D eigenvalue weighted by Crippen LogP contribution is -2.15. The van der Waals surface area contributed by atoms with Gasteiger partial charge < -0.3 is 5.32 Å². The molecule has 0 aliphatic carbocycles. The van der Waals surface area contributed by atoms with Crippen molar-refractivity contribution in [2.45, 2.75) is 47.0 Å². The number of pyridine rings is 1. The molecule has 154 valence electrons. The number of nitrogens with one attached hydrogen (secondary N) is 1. The predicted molar refractivity (Wildman–Crippen MR) is 120 cm³/mol. The van der Waals surface area contributed by atoms with Crippen molar-refractivity contribution in [2.24, 2.45) is 0 Å². The van der Waals surface area contributed by atoms with Gasteiger partial charge in [-0.2, -0.15) is 9.78 Å². The number of nitrogens with zero attached hydrogens (tertiary/aromatic N) is 5. The van der Waals surface area contributed by atoms with Crippen LogP contribution in [0, 0.1) is 20.8 Å². The van der Waals surface area contributed by atoms with Gasteiger partial charge in [-0.05, 0) is 38.5 Å². The first-order valence-electron chi connectivity index (χ1n) is 9.73. The molecule has 0 atom stereocenters. The Morgan fingerprint density at radius 3 is 2.57 bits per heavy atom. The Morgan fingerprint density at radius 1 is 1.13 bits per heavy atom. The summed E-state index contributed by atoms with van der Waals surface area (Å²) in [6.07, 6.45) is 1.71. The van der Waals surface area contributed by atoms with Gasteiger partial charge in [0, 0.05) is 28.8 Å². The van der Waals surface area contributed by atoms with E-state index in [4.69, 9.17) is 5.10 Å². The second-order valence-electron chi connectivity index (χ2n) is 8.31. The average Bonchev–Trinajstić information content (AvgIpc) is 3.24. The van der Waals surface area contributed by atoms with E-state index in [2.05, 4.69) is 41.0 Å². The van der Waals surface area contributed by atoms with Crippen LogP contribution in [0.25, 0.3) is 16.0 Å². The lowest BCUT2D eigenvalue weighted by Gasteiger charge is -2.13. The second-order valence-corrected chi connectivity index (χ2v) is 9.31. The Balaban J connectivity index is 1.77. The molecule has 0 aliphatic rings. The molecule has 30 heavy (non-hydrogen) atoms. The predicted octanol–water partition coefficient (Wildman–Crippen LogP) is 4.75. The van der Waals surface area contributed by atoms with Crippen molar-refractivity contribution in [1.29, 1.82) is 0 Å². The largest absolute Gasteiger partial charge is 0.306 e. The van der Waals surface area contributed by atoms with Gasteiger partial charge in [0.1, 0.15) is 16.5 Å². The van der Waals surface area contributed by atoms with Gasteiger partial charge in [-0.15, -0.1) is 11.3 Å². The Bertz CT molecular complexity index is 1250. The SMILES string of the molecule is Cc1nc(C)c2c(C)c(C(=O)Nc3cc(C(C)(C)C)nn3-c3ccccn3)sc2n1. The zero-order valence-corrected chi connectivity index (χ0v) is 18.8. The first kappa shape index (κ1) is 20.2. The molecule has 4 aromatic heterocycles. The minimum absolute atomic E-state index is 0.169. The van der Waals surface area contributed by atoms with Crippen molar-refractivity contribution in [1.82, 2.24) is 24.7 Å². The molecule has 4 rings (SSSR count). The molecule has 0 fully saturated rings. The standard InChI is InChI=1S/C22H24N6OS/c1-12-18-13(2)24-14(3)25-21(18)30-19(12)20(29)26-17-11-15(22(4,5)6)27-28(17)16-9-7-8-10-23-16/h7-11H,1-6H3,(H,26,29). The highest BCUT2D eigenvalue weighted by Gasteiger charge is 2.24. The van der Waals surface area contributed by atoms with E-state index in [-0.39, 0.29) is 11.3 Å². The third kappa shape index (κ3) is 3.59. The molecule has 0 bridgehead atoms. The summed E-state index contributed by atoms with van der Waals surface area (Å²) in [6.45, 7) is 12.0. The van der Waals surface area contributed by atoms with Gasteiger partial charge in [0.15, 0.2) is 5.82 Å². The molecule has 0 unspecified atom stereocenters. The number of aryl methyl sites for hydroxylation is 3. The number of thiophene rings is 1. The van der Waals surface area contributed by atoms with Gasteiger partial charge in [0.25, 0.3) is 5.91 Å². The van der Waals surface area contributed by atoms with Crippen LogP contribution in [-0.2, 0) is 5.41 Å². The van der Waals surface area contributed by atoms with Crippen LogP contribution in [0.1, 0.15) is 53.2 Å². The van der Waals surface area contributed by atoms with E-state index in [1.807, 2.05) is 45.0 Å². The van der Waals surface area contributed by atoms with E-state index in [9.17, 15) is 4.79 Å². The summed E-state index contributed by atoms with van der Waals surface area (Å²) in [4.78, 5) is 28.0. The van der Waals surface area contributed by atoms with Crippen LogP contribution >= 0.6 is 11.3 Å². The highest BCUT2D eigenvalue weighted by atomic mass is 32.1. The number of anilines is 1. The number of carbonyl (C=O) groups is 1. The van der Waals surface area contributed by atoms with Gasteiger partial charge in [-0.1, -0.05) is 26.8 Å². The van der Waals surface area contributed by atoms with Crippen molar-refractivity contribution in [3.05, 3.63) is 58.1 Å². The van der Waals surface area contributed by atoms with Crippen LogP contribution in [0.4, 0.5) is 5.82 Å². The molecule has 8 heteroatoms. The fraction of sp³-hybridized carbons (Fsp3) is 0.318.